The fourth-order valence-corrected chi connectivity index (χ4v) is 2.14. The van der Waals surface area contributed by atoms with E-state index in [1.807, 2.05) is 0 Å². The standard InChI is InChI=1S/C16H16F3N/c1-9-4-12(17)7-13(5-9)20-11(3)14-8-15(18)10(2)6-16(14)19/h4-8,11,20H,1-3H3. The highest BCUT2D eigenvalue weighted by Gasteiger charge is 2.14. The fourth-order valence-electron chi connectivity index (χ4n) is 2.14. The van der Waals surface area contributed by atoms with Gasteiger partial charge in [-0.25, -0.2) is 13.2 Å². The Morgan fingerprint density at radius 2 is 1.60 bits per heavy atom. The molecule has 0 saturated heterocycles. The molecule has 0 spiro atoms. The Balaban J connectivity index is 2.28. The van der Waals surface area contributed by atoms with Crippen molar-refractivity contribution in [3.8, 4) is 0 Å². The number of nitrogens with one attached hydrogen (secondary N) is 1. The van der Waals surface area contributed by atoms with Crippen LogP contribution in [0.3, 0.4) is 0 Å². The average molecular weight is 279 g/mol. The maximum absolute atomic E-state index is 13.9. The molecule has 4 heteroatoms. The van der Waals surface area contributed by atoms with Gasteiger partial charge in [-0.1, -0.05) is 0 Å². The number of benzene rings is 2. The summed E-state index contributed by atoms with van der Waals surface area (Å²) >= 11 is 0. The van der Waals surface area contributed by atoms with Crippen molar-refractivity contribution in [2.75, 3.05) is 5.32 Å². The van der Waals surface area contributed by atoms with Crippen LogP contribution in [0.5, 0.6) is 0 Å². The van der Waals surface area contributed by atoms with Gasteiger partial charge in [0.2, 0.25) is 0 Å². The summed E-state index contributed by atoms with van der Waals surface area (Å²) in [4.78, 5) is 0. The summed E-state index contributed by atoms with van der Waals surface area (Å²) in [5.41, 5.74) is 1.78. The average Bonchev–Trinajstić information content (AvgIpc) is 2.32. The Kier molecular flexibility index (Phi) is 4.02. The maximum atomic E-state index is 13.9. The van der Waals surface area contributed by atoms with Crippen LogP contribution >= 0.6 is 0 Å². The van der Waals surface area contributed by atoms with Crippen molar-refractivity contribution < 1.29 is 13.2 Å². The number of aryl methyl sites for hydroxylation is 2. The Morgan fingerprint density at radius 3 is 2.25 bits per heavy atom. The molecule has 0 bridgehead atoms. The second-order valence-electron chi connectivity index (χ2n) is 5.01. The van der Waals surface area contributed by atoms with Gasteiger partial charge in [0.25, 0.3) is 0 Å². The predicted octanol–water partition coefficient (Wildman–Crippen LogP) is 4.89. The predicted molar refractivity (Wildman–Crippen MR) is 74.3 cm³/mol. The van der Waals surface area contributed by atoms with Crippen LogP contribution in [0.1, 0.15) is 29.7 Å². The summed E-state index contributed by atoms with van der Waals surface area (Å²) in [6, 6.07) is 6.36. The SMILES string of the molecule is Cc1cc(F)cc(NC(C)c2cc(F)c(C)cc2F)c1. The lowest BCUT2D eigenvalue weighted by atomic mass is 10.0. The van der Waals surface area contributed by atoms with E-state index in [-0.39, 0.29) is 16.9 Å². The van der Waals surface area contributed by atoms with E-state index in [4.69, 9.17) is 0 Å². The van der Waals surface area contributed by atoms with Gasteiger partial charge in [0.15, 0.2) is 0 Å². The number of halogens is 3. The number of hydrogen-bond acceptors (Lipinski definition) is 1. The zero-order chi connectivity index (χ0) is 14.9. The first kappa shape index (κ1) is 14.4. The van der Waals surface area contributed by atoms with Crippen molar-refractivity contribution in [1.29, 1.82) is 0 Å². The van der Waals surface area contributed by atoms with Gasteiger partial charge in [0.1, 0.15) is 17.5 Å². The number of rotatable bonds is 3. The fraction of sp³-hybridized carbons (Fsp3) is 0.250. The quantitative estimate of drug-likeness (QED) is 0.843. The molecule has 0 saturated carbocycles. The summed E-state index contributed by atoms with van der Waals surface area (Å²) < 4.78 is 40.7. The monoisotopic (exact) mass is 279 g/mol. The smallest absolute Gasteiger partial charge is 0.128 e. The van der Waals surface area contributed by atoms with Crippen molar-refractivity contribution >= 4 is 5.69 Å². The highest BCUT2D eigenvalue weighted by molar-refractivity contribution is 5.48. The third-order valence-corrected chi connectivity index (χ3v) is 3.17. The maximum Gasteiger partial charge on any atom is 0.128 e. The van der Waals surface area contributed by atoms with Gasteiger partial charge in [-0.15, -0.1) is 0 Å². The van der Waals surface area contributed by atoms with E-state index in [1.165, 1.54) is 31.2 Å². The van der Waals surface area contributed by atoms with Gasteiger partial charge >= 0.3 is 0 Å². The molecule has 0 aromatic heterocycles. The lowest BCUT2D eigenvalue weighted by Gasteiger charge is -2.17. The molecule has 0 amide bonds. The molecule has 106 valence electrons. The van der Waals surface area contributed by atoms with Crippen molar-refractivity contribution in [3.63, 3.8) is 0 Å². The minimum Gasteiger partial charge on any atom is -0.378 e. The number of anilines is 1. The van der Waals surface area contributed by atoms with E-state index in [2.05, 4.69) is 5.32 Å². The Labute approximate surface area is 116 Å². The molecule has 2 rings (SSSR count). The lowest BCUT2D eigenvalue weighted by molar-refractivity contribution is 0.571. The van der Waals surface area contributed by atoms with E-state index in [9.17, 15) is 13.2 Å². The minimum atomic E-state index is -0.475. The molecule has 0 aliphatic rings. The van der Waals surface area contributed by atoms with Gasteiger partial charge in [0, 0.05) is 11.3 Å². The van der Waals surface area contributed by atoms with Gasteiger partial charge in [-0.2, -0.15) is 0 Å². The van der Waals surface area contributed by atoms with Gasteiger partial charge < -0.3 is 5.32 Å². The second kappa shape index (κ2) is 5.57. The van der Waals surface area contributed by atoms with Crippen molar-refractivity contribution in [2.24, 2.45) is 0 Å². The molecular weight excluding hydrogens is 263 g/mol. The summed E-state index contributed by atoms with van der Waals surface area (Å²) in [6.45, 7) is 4.98. The van der Waals surface area contributed by atoms with E-state index in [0.717, 1.165) is 5.56 Å². The topological polar surface area (TPSA) is 12.0 Å². The van der Waals surface area contributed by atoms with Gasteiger partial charge in [-0.05, 0) is 62.2 Å². The van der Waals surface area contributed by atoms with E-state index in [0.29, 0.717) is 5.69 Å². The van der Waals surface area contributed by atoms with Crippen LogP contribution in [0.15, 0.2) is 30.3 Å². The largest absolute Gasteiger partial charge is 0.378 e. The molecule has 1 unspecified atom stereocenters. The summed E-state index contributed by atoms with van der Waals surface area (Å²) in [6.07, 6.45) is 0. The van der Waals surface area contributed by atoms with Gasteiger partial charge in [0.05, 0.1) is 6.04 Å². The normalized spacial score (nSPS) is 12.3. The zero-order valence-corrected chi connectivity index (χ0v) is 11.6. The van der Waals surface area contributed by atoms with Crippen LogP contribution in [-0.2, 0) is 0 Å². The first-order valence-corrected chi connectivity index (χ1v) is 6.36. The van der Waals surface area contributed by atoms with Crippen molar-refractivity contribution in [3.05, 3.63) is 64.5 Å². The Hall–Kier alpha value is -1.97. The zero-order valence-electron chi connectivity index (χ0n) is 11.6. The molecule has 1 nitrogen and oxygen atoms in total. The van der Waals surface area contributed by atoms with Crippen LogP contribution in [0.4, 0.5) is 18.9 Å². The third kappa shape index (κ3) is 3.13. The molecule has 0 radical (unpaired) electrons. The summed E-state index contributed by atoms with van der Waals surface area (Å²) in [5, 5.41) is 2.98. The second-order valence-corrected chi connectivity index (χ2v) is 5.01. The highest BCUT2D eigenvalue weighted by atomic mass is 19.1. The minimum absolute atomic E-state index is 0.218. The Bertz CT molecular complexity index is 618. The van der Waals surface area contributed by atoms with Crippen LogP contribution < -0.4 is 5.32 Å². The van der Waals surface area contributed by atoms with Crippen LogP contribution in [0.2, 0.25) is 0 Å². The van der Waals surface area contributed by atoms with E-state index >= 15 is 0 Å². The first-order valence-electron chi connectivity index (χ1n) is 6.36. The molecule has 0 heterocycles. The summed E-state index contributed by atoms with van der Waals surface area (Å²) in [7, 11) is 0. The van der Waals surface area contributed by atoms with E-state index in [1.54, 1.807) is 19.9 Å². The molecule has 0 fully saturated rings. The molecule has 0 aliphatic heterocycles. The molecule has 2 aromatic carbocycles. The molecule has 20 heavy (non-hydrogen) atoms. The Morgan fingerprint density at radius 1 is 0.900 bits per heavy atom. The molecular formula is C16H16F3N. The molecule has 1 N–H and O–H groups in total. The number of hydrogen-bond donors (Lipinski definition) is 1. The van der Waals surface area contributed by atoms with Crippen molar-refractivity contribution in [1.82, 2.24) is 0 Å². The lowest BCUT2D eigenvalue weighted by Crippen LogP contribution is -2.10. The first-order chi connectivity index (χ1) is 9.36. The third-order valence-electron chi connectivity index (χ3n) is 3.17. The molecule has 2 aromatic rings. The highest BCUT2D eigenvalue weighted by Crippen LogP contribution is 2.25. The van der Waals surface area contributed by atoms with Crippen LogP contribution in [0, 0.1) is 31.3 Å². The molecule has 0 aliphatic carbocycles. The van der Waals surface area contributed by atoms with Crippen molar-refractivity contribution in [2.45, 2.75) is 26.8 Å². The van der Waals surface area contributed by atoms with Crippen LogP contribution in [-0.4, -0.2) is 0 Å². The van der Waals surface area contributed by atoms with E-state index < -0.39 is 17.7 Å². The van der Waals surface area contributed by atoms with Crippen LogP contribution in [0.25, 0.3) is 0 Å². The summed E-state index contributed by atoms with van der Waals surface area (Å²) in [5.74, 6) is -1.29. The molecule has 1 atom stereocenters. The van der Waals surface area contributed by atoms with Gasteiger partial charge in [-0.3, -0.25) is 0 Å².